The minimum absolute atomic E-state index is 0.537. The van der Waals surface area contributed by atoms with Crippen molar-refractivity contribution in [2.75, 3.05) is 19.0 Å². The number of anilines is 1. The first kappa shape index (κ1) is 20.6. The first-order chi connectivity index (χ1) is 16.0. The van der Waals surface area contributed by atoms with Crippen molar-refractivity contribution in [1.29, 1.82) is 5.26 Å². The Bertz CT molecular complexity index is 1380. The van der Waals surface area contributed by atoms with E-state index in [1.165, 1.54) is 32.1 Å². The Kier molecular flexibility index (Phi) is 4.86. The fraction of sp³-hybridized carbons (Fsp3) is 0.440. The second kappa shape index (κ2) is 7.79. The van der Waals surface area contributed by atoms with E-state index in [0.29, 0.717) is 29.3 Å². The van der Waals surface area contributed by atoms with E-state index in [-0.39, 0.29) is 0 Å². The number of hydrogen-bond acceptors (Lipinski definition) is 7. The summed E-state index contributed by atoms with van der Waals surface area (Å²) in [5.41, 5.74) is 4.81. The highest BCUT2D eigenvalue weighted by molar-refractivity contribution is 7.22. The van der Waals surface area contributed by atoms with Crippen molar-refractivity contribution in [2.45, 2.75) is 57.2 Å². The van der Waals surface area contributed by atoms with Gasteiger partial charge in [0, 0.05) is 43.1 Å². The molecular weight excluding hydrogens is 430 g/mol. The number of nitriles is 1. The highest BCUT2D eigenvalue weighted by atomic mass is 32.1. The molecule has 0 N–H and O–H groups in total. The lowest BCUT2D eigenvalue weighted by molar-refractivity contribution is 0.0559. The zero-order chi connectivity index (χ0) is 22.7. The number of rotatable bonds is 3. The van der Waals surface area contributed by atoms with Crippen molar-refractivity contribution in [3.05, 3.63) is 42.0 Å². The van der Waals surface area contributed by atoms with E-state index >= 15 is 0 Å². The number of aromatic nitrogens is 4. The van der Waals surface area contributed by atoms with Crippen molar-refractivity contribution in [3.63, 3.8) is 0 Å². The maximum absolute atomic E-state index is 9.61. The van der Waals surface area contributed by atoms with Crippen molar-refractivity contribution >= 4 is 32.3 Å². The average Bonchev–Trinajstić information content (AvgIpc) is 3.39. The number of aryl methyl sites for hydroxylation is 1. The van der Waals surface area contributed by atoms with E-state index in [1.54, 1.807) is 11.3 Å². The lowest BCUT2D eigenvalue weighted by Crippen LogP contribution is -2.54. The van der Waals surface area contributed by atoms with E-state index in [1.807, 2.05) is 36.0 Å². The molecule has 4 aromatic heterocycles. The van der Waals surface area contributed by atoms with Crippen LogP contribution in [0.25, 0.3) is 27.1 Å². The van der Waals surface area contributed by atoms with Crippen LogP contribution in [0.2, 0.25) is 0 Å². The van der Waals surface area contributed by atoms with Crippen LogP contribution < -0.4 is 4.90 Å². The molecule has 0 aromatic carbocycles. The van der Waals surface area contributed by atoms with Gasteiger partial charge in [-0.15, -0.1) is 0 Å². The Morgan fingerprint density at radius 3 is 2.70 bits per heavy atom. The van der Waals surface area contributed by atoms with Crippen LogP contribution in [-0.4, -0.2) is 56.5 Å². The second-order valence-corrected chi connectivity index (χ2v) is 10.6. The maximum Gasteiger partial charge on any atom is 0.186 e. The van der Waals surface area contributed by atoms with Crippen LogP contribution >= 0.6 is 11.3 Å². The predicted octanol–water partition coefficient (Wildman–Crippen LogP) is 4.64. The zero-order valence-corrected chi connectivity index (χ0v) is 20.0. The number of imidazole rings is 1. The molecule has 2 saturated heterocycles. The maximum atomic E-state index is 9.61. The summed E-state index contributed by atoms with van der Waals surface area (Å²) in [5.74, 6) is 0. The molecule has 0 saturated carbocycles. The molecular formula is C25H27N7S. The summed E-state index contributed by atoms with van der Waals surface area (Å²) >= 11 is 1.73. The van der Waals surface area contributed by atoms with E-state index in [4.69, 9.17) is 4.98 Å². The summed E-state index contributed by atoms with van der Waals surface area (Å²) in [5, 5.41) is 10.7. The lowest BCUT2D eigenvalue weighted by atomic mass is 9.82. The molecule has 6 rings (SSSR count). The van der Waals surface area contributed by atoms with Gasteiger partial charge in [0.15, 0.2) is 10.8 Å². The summed E-state index contributed by atoms with van der Waals surface area (Å²) in [4.78, 5) is 19.1. The Balaban J connectivity index is 1.32. The number of thiazole rings is 1. The molecule has 8 heteroatoms. The van der Waals surface area contributed by atoms with E-state index in [0.717, 1.165) is 32.3 Å². The monoisotopic (exact) mass is 457 g/mol. The molecule has 0 spiro atoms. The third-order valence-electron chi connectivity index (χ3n) is 7.52. The minimum atomic E-state index is 0.537. The third-order valence-corrected chi connectivity index (χ3v) is 8.62. The second-order valence-electron chi connectivity index (χ2n) is 9.54. The standard InChI is InChI=1S/C25H27N7S/c1-15-13-32-14-17(7-16(11-26)24(32)28-15)21-10-23-22(12-27-21)29-25(33-23)31(3)20-8-18-5-4-6-19(9-20)30(18)2/h7,10,12-14,18-20H,4-6,8-9H2,1-3H3. The van der Waals surface area contributed by atoms with Crippen LogP contribution in [0.15, 0.2) is 30.7 Å². The van der Waals surface area contributed by atoms with Crippen LogP contribution in [0.1, 0.15) is 43.4 Å². The molecule has 33 heavy (non-hydrogen) atoms. The minimum Gasteiger partial charge on any atom is -0.348 e. The molecule has 2 fully saturated rings. The van der Waals surface area contributed by atoms with E-state index in [2.05, 4.69) is 46.0 Å². The number of piperidine rings is 2. The van der Waals surface area contributed by atoms with Gasteiger partial charge in [0.25, 0.3) is 0 Å². The van der Waals surface area contributed by atoms with Crippen molar-refractivity contribution < 1.29 is 0 Å². The topological polar surface area (TPSA) is 73.3 Å². The Morgan fingerprint density at radius 1 is 1.15 bits per heavy atom. The summed E-state index contributed by atoms with van der Waals surface area (Å²) in [7, 11) is 4.50. The Hall–Kier alpha value is -3.02. The average molecular weight is 458 g/mol. The summed E-state index contributed by atoms with van der Waals surface area (Å²) < 4.78 is 3.04. The van der Waals surface area contributed by atoms with Gasteiger partial charge in [-0.1, -0.05) is 17.8 Å². The normalized spacial score (nSPS) is 23.2. The summed E-state index contributed by atoms with van der Waals surface area (Å²) in [6.07, 6.45) is 12.2. The Morgan fingerprint density at radius 2 is 1.94 bits per heavy atom. The van der Waals surface area contributed by atoms with Crippen molar-refractivity contribution in [2.24, 2.45) is 0 Å². The molecule has 168 valence electrons. The van der Waals surface area contributed by atoms with E-state index < -0.39 is 0 Å². The van der Waals surface area contributed by atoms with Crippen LogP contribution in [0.3, 0.4) is 0 Å². The highest BCUT2D eigenvalue weighted by Crippen LogP contribution is 2.38. The van der Waals surface area contributed by atoms with Gasteiger partial charge in [-0.2, -0.15) is 5.26 Å². The Labute approximate surface area is 197 Å². The zero-order valence-electron chi connectivity index (χ0n) is 19.2. The van der Waals surface area contributed by atoms with Crippen LogP contribution in [0.5, 0.6) is 0 Å². The fourth-order valence-electron chi connectivity index (χ4n) is 5.63. The SMILES string of the molecule is Cc1cn2cc(-c3cc4sc(N(C)C5CC6CCCC(C5)N6C)nc4cn3)cc(C#N)c2n1. The molecule has 2 unspecified atom stereocenters. The van der Waals surface area contributed by atoms with Crippen LogP contribution in [0, 0.1) is 18.3 Å². The quantitative estimate of drug-likeness (QED) is 0.446. The van der Waals surface area contributed by atoms with Gasteiger partial charge in [-0.25, -0.2) is 9.97 Å². The molecule has 2 atom stereocenters. The van der Waals surface area contributed by atoms with Gasteiger partial charge in [-0.3, -0.25) is 4.98 Å². The van der Waals surface area contributed by atoms with Gasteiger partial charge in [0.1, 0.15) is 11.6 Å². The van der Waals surface area contributed by atoms with Crippen LogP contribution in [0.4, 0.5) is 5.13 Å². The first-order valence-corrected chi connectivity index (χ1v) is 12.4. The molecule has 0 aliphatic carbocycles. The molecule has 4 aromatic rings. The van der Waals surface area contributed by atoms with Gasteiger partial charge < -0.3 is 14.2 Å². The third kappa shape index (κ3) is 3.47. The summed E-state index contributed by atoms with van der Waals surface area (Å²) in [6.45, 7) is 1.94. The van der Waals surface area contributed by atoms with Crippen molar-refractivity contribution in [1.82, 2.24) is 24.3 Å². The molecule has 0 amide bonds. The molecule has 2 aliphatic rings. The molecule has 6 heterocycles. The molecule has 2 bridgehead atoms. The summed E-state index contributed by atoms with van der Waals surface area (Å²) in [6, 6.07) is 8.18. The molecule has 2 aliphatic heterocycles. The number of nitrogens with zero attached hydrogens (tertiary/aromatic N) is 7. The number of hydrogen-bond donors (Lipinski definition) is 0. The number of pyridine rings is 2. The molecule has 0 radical (unpaired) electrons. The largest absolute Gasteiger partial charge is 0.348 e. The smallest absolute Gasteiger partial charge is 0.186 e. The lowest BCUT2D eigenvalue weighted by Gasteiger charge is -2.49. The van der Waals surface area contributed by atoms with E-state index in [9.17, 15) is 5.26 Å². The first-order valence-electron chi connectivity index (χ1n) is 11.6. The molecule has 7 nitrogen and oxygen atoms in total. The predicted molar refractivity (Wildman–Crippen MR) is 132 cm³/mol. The number of fused-ring (bicyclic) bond motifs is 4. The van der Waals surface area contributed by atoms with Crippen molar-refractivity contribution in [3.8, 4) is 17.3 Å². The highest BCUT2D eigenvalue weighted by Gasteiger charge is 2.38. The van der Waals surface area contributed by atoms with Gasteiger partial charge >= 0.3 is 0 Å². The van der Waals surface area contributed by atoms with Crippen LogP contribution in [-0.2, 0) is 0 Å². The van der Waals surface area contributed by atoms with Gasteiger partial charge in [0.2, 0.25) is 0 Å². The van der Waals surface area contributed by atoms with Gasteiger partial charge in [-0.05, 0) is 51.8 Å². The van der Waals surface area contributed by atoms with Gasteiger partial charge in [0.05, 0.1) is 27.8 Å². The fourth-order valence-corrected chi connectivity index (χ4v) is 6.64.